The van der Waals surface area contributed by atoms with Crippen LogP contribution in [0.5, 0.6) is 0 Å². The molecule has 1 amide bonds. The fraction of sp³-hybridized carbons (Fsp3) is 0.600. The molecule has 4 nitrogen and oxygen atoms in total. The molecule has 0 aromatic carbocycles. The van der Waals surface area contributed by atoms with Crippen LogP contribution in [0.25, 0.3) is 0 Å². The van der Waals surface area contributed by atoms with Crippen molar-refractivity contribution in [3.8, 4) is 0 Å². The molecule has 2 atom stereocenters. The minimum absolute atomic E-state index is 0. The smallest absolute Gasteiger partial charge is 0.238 e. The number of halogens is 2. The summed E-state index contributed by atoms with van der Waals surface area (Å²) in [7, 11) is 0. The Morgan fingerprint density at radius 2 is 2.44 bits per heavy atom. The number of rotatable bonds is 4. The van der Waals surface area contributed by atoms with Crippen molar-refractivity contribution in [2.75, 3.05) is 11.6 Å². The van der Waals surface area contributed by atoms with Gasteiger partial charge in [0.15, 0.2) is 0 Å². The van der Waals surface area contributed by atoms with E-state index in [-0.39, 0.29) is 42.8 Å². The summed E-state index contributed by atoms with van der Waals surface area (Å²) in [6.45, 7) is 2.06. The molecule has 0 saturated carbocycles. The molecule has 1 aliphatic heterocycles. The van der Waals surface area contributed by atoms with E-state index in [2.05, 4.69) is 22.5 Å². The van der Waals surface area contributed by atoms with Crippen molar-refractivity contribution in [1.82, 2.24) is 15.6 Å². The normalized spacial score (nSPS) is 19.5. The van der Waals surface area contributed by atoms with Gasteiger partial charge < -0.3 is 5.32 Å². The van der Waals surface area contributed by atoms with E-state index in [9.17, 15) is 4.79 Å². The van der Waals surface area contributed by atoms with Crippen LogP contribution in [0, 0.1) is 0 Å². The highest BCUT2D eigenvalue weighted by atomic mass is 35.5. The molecule has 1 saturated heterocycles. The summed E-state index contributed by atoms with van der Waals surface area (Å²) in [5.41, 5.74) is 0. The summed E-state index contributed by atoms with van der Waals surface area (Å²) < 4.78 is 0. The van der Waals surface area contributed by atoms with Crippen LogP contribution < -0.4 is 10.6 Å². The van der Waals surface area contributed by atoms with Gasteiger partial charge in [-0.15, -0.1) is 47.9 Å². The van der Waals surface area contributed by atoms with Crippen LogP contribution in [0.1, 0.15) is 24.4 Å². The number of thioether (sulfide) groups is 1. The lowest BCUT2D eigenvalue weighted by Crippen LogP contribution is -2.43. The summed E-state index contributed by atoms with van der Waals surface area (Å²) in [4.78, 5) is 16.1. The SMILES string of the molecule is CCC(NC(=O)C1CSCN1)c1nccs1.Cl.Cl. The van der Waals surface area contributed by atoms with E-state index in [1.807, 2.05) is 5.38 Å². The van der Waals surface area contributed by atoms with Crippen molar-refractivity contribution in [1.29, 1.82) is 0 Å². The van der Waals surface area contributed by atoms with Crippen LogP contribution in [0.2, 0.25) is 0 Å². The summed E-state index contributed by atoms with van der Waals surface area (Å²) in [5.74, 6) is 1.82. The van der Waals surface area contributed by atoms with Gasteiger partial charge in [0.25, 0.3) is 0 Å². The van der Waals surface area contributed by atoms with Gasteiger partial charge in [0, 0.05) is 23.2 Å². The van der Waals surface area contributed by atoms with Gasteiger partial charge in [-0.25, -0.2) is 4.98 Å². The number of hydrogen-bond donors (Lipinski definition) is 2. The average molecular weight is 330 g/mol. The molecular weight excluding hydrogens is 313 g/mol. The molecule has 0 radical (unpaired) electrons. The molecule has 1 aliphatic rings. The van der Waals surface area contributed by atoms with E-state index in [0.29, 0.717) is 0 Å². The van der Waals surface area contributed by atoms with E-state index >= 15 is 0 Å². The summed E-state index contributed by atoms with van der Waals surface area (Å²) in [6, 6.07) is 0.0129. The van der Waals surface area contributed by atoms with Gasteiger partial charge in [0.1, 0.15) is 5.01 Å². The first kappa shape index (κ1) is 18.0. The minimum atomic E-state index is -0.0426. The number of thiazole rings is 1. The van der Waals surface area contributed by atoms with Gasteiger partial charge in [-0.1, -0.05) is 6.92 Å². The number of carbonyl (C=O) groups excluding carboxylic acids is 1. The molecule has 2 rings (SSSR count). The zero-order valence-corrected chi connectivity index (χ0v) is 13.2. The van der Waals surface area contributed by atoms with Gasteiger partial charge in [-0.3, -0.25) is 10.1 Å². The fourth-order valence-electron chi connectivity index (χ4n) is 1.58. The lowest BCUT2D eigenvalue weighted by Gasteiger charge is -2.17. The second kappa shape index (κ2) is 8.98. The van der Waals surface area contributed by atoms with E-state index in [0.717, 1.165) is 23.1 Å². The van der Waals surface area contributed by atoms with Gasteiger partial charge >= 0.3 is 0 Å². The molecular formula is C10H17Cl2N3OS2. The Bertz CT molecular complexity index is 345. The first-order valence-electron chi connectivity index (χ1n) is 5.32. The molecule has 0 aliphatic carbocycles. The van der Waals surface area contributed by atoms with Crippen LogP contribution in [0.4, 0.5) is 0 Å². The van der Waals surface area contributed by atoms with E-state index < -0.39 is 0 Å². The van der Waals surface area contributed by atoms with E-state index in [1.54, 1.807) is 29.3 Å². The van der Waals surface area contributed by atoms with Crippen molar-refractivity contribution in [2.24, 2.45) is 0 Å². The average Bonchev–Trinajstić information content (AvgIpc) is 2.96. The van der Waals surface area contributed by atoms with Crippen molar-refractivity contribution in [2.45, 2.75) is 25.4 Å². The van der Waals surface area contributed by atoms with Crippen molar-refractivity contribution < 1.29 is 4.79 Å². The lowest BCUT2D eigenvalue weighted by atomic mass is 10.2. The number of nitrogens with zero attached hydrogens (tertiary/aromatic N) is 1. The minimum Gasteiger partial charge on any atom is -0.345 e. The van der Waals surface area contributed by atoms with Gasteiger partial charge in [0.2, 0.25) is 5.91 Å². The molecule has 2 unspecified atom stereocenters. The molecule has 18 heavy (non-hydrogen) atoms. The third-order valence-corrected chi connectivity index (χ3v) is 4.34. The second-order valence-corrected chi connectivity index (χ2v) is 5.57. The summed E-state index contributed by atoms with van der Waals surface area (Å²) >= 11 is 3.35. The topological polar surface area (TPSA) is 54.0 Å². The van der Waals surface area contributed by atoms with E-state index in [4.69, 9.17) is 0 Å². The quantitative estimate of drug-likeness (QED) is 0.889. The molecule has 1 aromatic heterocycles. The number of amides is 1. The van der Waals surface area contributed by atoms with Gasteiger partial charge in [-0.2, -0.15) is 0 Å². The first-order valence-corrected chi connectivity index (χ1v) is 7.35. The highest BCUT2D eigenvalue weighted by Gasteiger charge is 2.25. The number of nitrogens with one attached hydrogen (secondary N) is 2. The monoisotopic (exact) mass is 329 g/mol. The van der Waals surface area contributed by atoms with Crippen LogP contribution >= 0.6 is 47.9 Å². The number of carbonyl (C=O) groups is 1. The van der Waals surface area contributed by atoms with Gasteiger partial charge in [0.05, 0.1) is 12.1 Å². The third-order valence-electron chi connectivity index (χ3n) is 2.51. The molecule has 1 aromatic rings. The fourth-order valence-corrected chi connectivity index (χ4v) is 3.30. The highest BCUT2D eigenvalue weighted by Crippen LogP contribution is 2.19. The maximum Gasteiger partial charge on any atom is 0.238 e. The predicted molar refractivity (Wildman–Crippen MR) is 82.0 cm³/mol. The standard InChI is InChI=1S/C10H15N3OS2.2ClH/c1-2-7(10-11-3-4-16-10)13-9(14)8-5-15-6-12-8;;/h3-4,7-8,12H,2,5-6H2,1H3,(H,13,14);2*1H. The van der Waals surface area contributed by atoms with Crippen molar-refractivity contribution in [3.63, 3.8) is 0 Å². The van der Waals surface area contributed by atoms with Crippen molar-refractivity contribution >= 4 is 53.8 Å². The molecule has 104 valence electrons. The number of aromatic nitrogens is 1. The Kier molecular flexibility index (Phi) is 8.98. The molecule has 1 fully saturated rings. The highest BCUT2D eigenvalue weighted by molar-refractivity contribution is 7.99. The van der Waals surface area contributed by atoms with E-state index in [1.165, 1.54) is 0 Å². The Balaban J connectivity index is 0.00000144. The van der Waals surface area contributed by atoms with Crippen LogP contribution in [-0.4, -0.2) is 28.6 Å². The zero-order valence-electron chi connectivity index (χ0n) is 9.92. The van der Waals surface area contributed by atoms with Crippen LogP contribution in [-0.2, 0) is 4.79 Å². The lowest BCUT2D eigenvalue weighted by molar-refractivity contribution is -0.123. The Hall–Kier alpha value is -0.0100. The molecule has 0 bridgehead atoms. The Morgan fingerprint density at radius 3 is 2.94 bits per heavy atom. The largest absolute Gasteiger partial charge is 0.345 e. The second-order valence-electron chi connectivity index (χ2n) is 3.61. The molecule has 0 spiro atoms. The maximum absolute atomic E-state index is 11.9. The zero-order chi connectivity index (χ0) is 11.4. The van der Waals surface area contributed by atoms with Crippen LogP contribution in [0.15, 0.2) is 11.6 Å². The molecule has 8 heteroatoms. The predicted octanol–water partition coefficient (Wildman–Crippen LogP) is 2.22. The molecule has 2 heterocycles. The Morgan fingerprint density at radius 1 is 1.67 bits per heavy atom. The van der Waals surface area contributed by atoms with Gasteiger partial charge in [-0.05, 0) is 6.42 Å². The van der Waals surface area contributed by atoms with Crippen LogP contribution in [0.3, 0.4) is 0 Å². The Labute approximate surface area is 128 Å². The summed E-state index contributed by atoms with van der Waals surface area (Å²) in [6.07, 6.45) is 2.65. The molecule has 2 N–H and O–H groups in total. The number of hydrogen-bond acceptors (Lipinski definition) is 5. The maximum atomic E-state index is 11.9. The van der Waals surface area contributed by atoms with Crippen molar-refractivity contribution in [3.05, 3.63) is 16.6 Å². The summed E-state index contributed by atoms with van der Waals surface area (Å²) in [5, 5.41) is 9.13. The third kappa shape index (κ3) is 4.59. The first-order chi connectivity index (χ1) is 7.81.